The van der Waals surface area contributed by atoms with Crippen molar-refractivity contribution in [2.45, 2.75) is 31.8 Å². The smallest absolute Gasteiger partial charge is 0.121 e. The minimum absolute atomic E-state index is 0.875. The second-order valence-electron chi connectivity index (χ2n) is 2.56. The first-order valence-corrected chi connectivity index (χ1v) is 3.37. The predicted molar refractivity (Wildman–Crippen MR) is 38.2 cm³/mol. The van der Waals surface area contributed by atoms with E-state index in [-0.39, 0.29) is 0 Å². The molecule has 0 atom stereocenters. The maximum Gasteiger partial charge on any atom is 0.153 e. The third-order valence-corrected chi connectivity index (χ3v) is 1.88. The zero-order valence-corrected chi connectivity index (χ0v) is 5.19. The normalized spacial score (nSPS) is 18.6. The molecule has 1 heteroatoms. The van der Waals surface area contributed by atoms with Crippen LogP contribution < -0.4 is 0 Å². The summed E-state index contributed by atoms with van der Waals surface area (Å²) < 4.78 is 0. The molecule has 0 radical (unpaired) electrons. The van der Waals surface area contributed by atoms with Crippen molar-refractivity contribution in [3.8, 4) is 12.3 Å². The molecule has 8 heavy (non-hydrogen) atoms. The van der Waals surface area contributed by atoms with Crippen LogP contribution >= 0.6 is 0 Å². The van der Waals surface area contributed by atoms with Gasteiger partial charge in [0.2, 0.25) is 0 Å². The quantitative estimate of drug-likeness (QED) is 0.353. The first-order chi connectivity index (χ1) is 3.93. The Morgan fingerprint density at radius 1 is 1.38 bits per heavy atom. The van der Waals surface area contributed by atoms with Crippen LogP contribution in [-0.2, 0) is 0 Å². The van der Waals surface area contributed by atoms with Crippen molar-refractivity contribution in [1.29, 1.82) is 0 Å². The molecule has 0 aromatic heterocycles. The molecule has 1 heterocycles. The van der Waals surface area contributed by atoms with Crippen molar-refractivity contribution in [1.82, 2.24) is 0 Å². The second-order valence-corrected chi connectivity index (χ2v) is 2.56. The molecule has 0 nitrogen and oxygen atoms in total. The van der Waals surface area contributed by atoms with Gasteiger partial charge in [0.25, 0.3) is 0 Å². The fourth-order valence-corrected chi connectivity index (χ4v) is 1.38. The van der Waals surface area contributed by atoms with Gasteiger partial charge in [-0.25, -0.2) is 0 Å². The van der Waals surface area contributed by atoms with Crippen LogP contribution in [0.5, 0.6) is 0 Å². The van der Waals surface area contributed by atoms with Gasteiger partial charge in [-0.2, -0.15) is 0 Å². The fraction of sp³-hybridized carbons (Fsp3) is 0.714. The molecule has 0 N–H and O–H groups in total. The van der Waals surface area contributed by atoms with E-state index in [4.69, 9.17) is 6.42 Å². The summed E-state index contributed by atoms with van der Waals surface area (Å²) >= 11 is 0. The summed E-state index contributed by atoms with van der Waals surface area (Å²) in [5, 5.41) is 0. The molecule has 0 bridgehead atoms. The van der Waals surface area contributed by atoms with Crippen LogP contribution in [-0.4, -0.2) is 6.71 Å². The number of terminal acetylenes is 1. The average molecular weight is 106 g/mol. The Morgan fingerprint density at radius 3 is 2.50 bits per heavy atom. The fourth-order valence-electron chi connectivity index (χ4n) is 1.38. The van der Waals surface area contributed by atoms with E-state index in [9.17, 15) is 0 Å². The first-order valence-electron chi connectivity index (χ1n) is 3.37. The highest BCUT2D eigenvalue weighted by molar-refractivity contribution is 6.60. The molecule has 0 saturated carbocycles. The molecule has 1 rings (SSSR count). The number of hydrogen-bond donors (Lipinski definition) is 0. The molecule has 1 aliphatic rings. The molecular weight excluding hydrogens is 94.9 g/mol. The molecule has 0 amide bonds. The van der Waals surface area contributed by atoms with Crippen LogP contribution in [0.3, 0.4) is 0 Å². The lowest BCUT2D eigenvalue weighted by Crippen LogP contribution is -2.02. The highest BCUT2D eigenvalue weighted by atomic mass is 13.9. The topological polar surface area (TPSA) is 0 Å². The largest absolute Gasteiger partial charge is 0.153 e. The monoisotopic (exact) mass is 106 g/mol. The molecule has 1 aliphatic heterocycles. The molecule has 1 saturated heterocycles. The van der Waals surface area contributed by atoms with Crippen LogP contribution in [0.2, 0.25) is 19.0 Å². The maximum atomic E-state index is 5.16. The summed E-state index contributed by atoms with van der Waals surface area (Å²) in [5.74, 6) is 2.71. The lowest BCUT2D eigenvalue weighted by molar-refractivity contribution is 0.935. The molecule has 0 aromatic carbocycles. The lowest BCUT2D eigenvalue weighted by atomic mass is 9.46. The van der Waals surface area contributed by atoms with E-state index in [0.717, 1.165) is 13.0 Å². The van der Waals surface area contributed by atoms with Crippen LogP contribution in [0.1, 0.15) is 12.8 Å². The molecule has 0 spiro atoms. The summed E-state index contributed by atoms with van der Waals surface area (Å²) in [6.07, 6.45) is 11.7. The van der Waals surface area contributed by atoms with Crippen LogP contribution in [0.4, 0.5) is 0 Å². The number of hydrogen-bond acceptors (Lipinski definition) is 0. The minimum atomic E-state index is 0.875. The first kappa shape index (κ1) is 5.76. The second kappa shape index (κ2) is 2.82. The lowest BCUT2D eigenvalue weighted by Gasteiger charge is -1.93. The van der Waals surface area contributed by atoms with Crippen molar-refractivity contribution in [2.75, 3.05) is 0 Å². The highest BCUT2D eigenvalue weighted by Gasteiger charge is 2.16. The summed E-state index contributed by atoms with van der Waals surface area (Å²) in [7, 11) is 0. The summed E-state index contributed by atoms with van der Waals surface area (Å²) in [6.45, 7) is 0.875. The Kier molecular flexibility index (Phi) is 2.03. The standard InChI is InChI=1S/C7H11B/c1-2-5-8-6-3-4-7-8/h1H,3-7H2. The van der Waals surface area contributed by atoms with Crippen molar-refractivity contribution in [3.63, 3.8) is 0 Å². The van der Waals surface area contributed by atoms with Gasteiger partial charge in [0.1, 0.15) is 0 Å². The Labute approximate surface area is 51.7 Å². The van der Waals surface area contributed by atoms with Crippen molar-refractivity contribution >= 4 is 6.71 Å². The van der Waals surface area contributed by atoms with Gasteiger partial charge in [0, 0.05) is 0 Å². The van der Waals surface area contributed by atoms with Gasteiger partial charge in [-0.15, -0.1) is 12.3 Å². The van der Waals surface area contributed by atoms with E-state index in [1.807, 2.05) is 0 Å². The van der Waals surface area contributed by atoms with Crippen molar-refractivity contribution in [3.05, 3.63) is 0 Å². The zero-order chi connectivity index (χ0) is 5.82. The predicted octanol–water partition coefficient (Wildman–Crippen LogP) is 1.91. The maximum absolute atomic E-state index is 5.16. The Bertz CT molecular complexity index is 95.4. The van der Waals surface area contributed by atoms with Crippen LogP contribution in [0.15, 0.2) is 0 Å². The minimum Gasteiger partial charge on any atom is -0.121 e. The zero-order valence-electron chi connectivity index (χ0n) is 5.19. The van der Waals surface area contributed by atoms with E-state index < -0.39 is 0 Å². The van der Waals surface area contributed by atoms with Gasteiger partial charge >= 0.3 is 0 Å². The Morgan fingerprint density at radius 2 is 2.00 bits per heavy atom. The third-order valence-electron chi connectivity index (χ3n) is 1.88. The van der Waals surface area contributed by atoms with Crippen molar-refractivity contribution < 1.29 is 0 Å². The van der Waals surface area contributed by atoms with Gasteiger partial charge in [-0.05, 0) is 6.32 Å². The number of rotatable bonds is 1. The third kappa shape index (κ3) is 1.30. The SMILES string of the molecule is C#CCB1CCCC1. The molecule has 0 aromatic rings. The van der Waals surface area contributed by atoms with Gasteiger partial charge in [0.15, 0.2) is 6.71 Å². The Hall–Kier alpha value is -0.375. The molecular formula is C7H11B. The van der Waals surface area contributed by atoms with E-state index in [1.165, 1.54) is 25.5 Å². The van der Waals surface area contributed by atoms with Crippen molar-refractivity contribution in [2.24, 2.45) is 0 Å². The van der Waals surface area contributed by atoms with Gasteiger partial charge in [-0.3, -0.25) is 0 Å². The molecule has 0 unspecified atom stereocenters. The summed E-state index contributed by atoms with van der Waals surface area (Å²) in [5.41, 5.74) is 0. The molecule has 1 fully saturated rings. The summed E-state index contributed by atoms with van der Waals surface area (Å²) in [6, 6.07) is 0. The van der Waals surface area contributed by atoms with E-state index >= 15 is 0 Å². The van der Waals surface area contributed by atoms with E-state index in [1.54, 1.807) is 0 Å². The van der Waals surface area contributed by atoms with Crippen LogP contribution in [0.25, 0.3) is 0 Å². The van der Waals surface area contributed by atoms with Gasteiger partial charge < -0.3 is 0 Å². The van der Waals surface area contributed by atoms with Gasteiger partial charge in [-0.1, -0.05) is 25.5 Å². The Balaban J connectivity index is 2.17. The molecule has 0 aliphatic carbocycles. The highest BCUT2D eigenvalue weighted by Crippen LogP contribution is 2.21. The van der Waals surface area contributed by atoms with E-state index in [0.29, 0.717) is 0 Å². The molecule has 42 valence electrons. The summed E-state index contributed by atoms with van der Waals surface area (Å²) in [4.78, 5) is 0. The average Bonchev–Trinajstić information content (AvgIpc) is 2.19. The van der Waals surface area contributed by atoms with Crippen LogP contribution in [0, 0.1) is 12.3 Å². The van der Waals surface area contributed by atoms with Gasteiger partial charge in [0.05, 0.1) is 0 Å². The van der Waals surface area contributed by atoms with E-state index in [2.05, 4.69) is 5.92 Å².